The zero-order valence-electron chi connectivity index (χ0n) is 11.1. The fraction of sp³-hybridized carbons (Fsp3) is 0.400. The number of fused-ring (bicyclic) bond motifs is 1. The number of piperazine rings is 1. The van der Waals surface area contributed by atoms with Crippen LogP contribution in [0.15, 0.2) is 33.5 Å². The Morgan fingerprint density at radius 1 is 1.26 bits per heavy atom. The van der Waals surface area contributed by atoms with Crippen molar-refractivity contribution >= 4 is 11.0 Å². The first-order valence-electron chi connectivity index (χ1n) is 6.69. The molecule has 1 aromatic carbocycles. The first-order valence-corrected chi connectivity index (χ1v) is 6.69. The number of hydrogen-bond donors (Lipinski definition) is 1. The Morgan fingerprint density at radius 2 is 2.05 bits per heavy atom. The first-order chi connectivity index (χ1) is 9.22. The van der Waals surface area contributed by atoms with Crippen molar-refractivity contribution in [2.24, 2.45) is 0 Å². The van der Waals surface area contributed by atoms with E-state index in [2.05, 4.69) is 16.3 Å². The first kappa shape index (κ1) is 12.4. The Bertz CT molecular complexity index is 642. The van der Waals surface area contributed by atoms with E-state index in [4.69, 9.17) is 4.42 Å². The molecule has 1 fully saturated rings. The maximum absolute atomic E-state index is 11.7. The van der Waals surface area contributed by atoms with Crippen LogP contribution in [0.25, 0.3) is 11.0 Å². The Balaban J connectivity index is 1.99. The highest BCUT2D eigenvalue weighted by Crippen LogP contribution is 2.19. The fourth-order valence-electron chi connectivity index (χ4n) is 2.58. The van der Waals surface area contributed by atoms with Gasteiger partial charge in [-0.1, -0.05) is 12.1 Å². The highest BCUT2D eigenvalue weighted by molar-refractivity contribution is 5.80. The van der Waals surface area contributed by atoms with Gasteiger partial charge in [-0.3, -0.25) is 4.90 Å². The van der Waals surface area contributed by atoms with E-state index >= 15 is 0 Å². The van der Waals surface area contributed by atoms with Gasteiger partial charge in [0.05, 0.1) is 0 Å². The summed E-state index contributed by atoms with van der Waals surface area (Å²) in [5.74, 6) is 0. The average molecular weight is 258 g/mol. The van der Waals surface area contributed by atoms with Crippen LogP contribution in [0.2, 0.25) is 0 Å². The minimum Gasteiger partial charge on any atom is -0.423 e. The van der Waals surface area contributed by atoms with Crippen LogP contribution in [0.5, 0.6) is 0 Å². The maximum atomic E-state index is 11.7. The number of hydrogen-bond acceptors (Lipinski definition) is 4. The van der Waals surface area contributed by atoms with E-state index in [1.807, 2.05) is 19.1 Å². The molecule has 0 saturated carbocycles. The third kappa shape index (κ3) is 2.69. The summed E-state index contributed by atoms with van der Waals surface area (Å²) in [5, 5.41) is 4.38. The van der Waals surface area contributed by atoms with Crippen molar-refractivity contribution in [1.82, 2.24) is 10.2 Å². The van der Waals surface area contributed by atoms with Gasteiger partial charge in [0.25, 0.3) is 0 Å². The van der Waals surface area contributed by atoms with Gasteiger partial charge >= 0.3 is 5.63 Å². The second-order valence-electron chi connectivity index (χ2n) is 5.12. The molecule has 1 saturated heterocycles. The van der Waals surface area contributed by atoms with Gasteiger partial charge < -0.3 is 9.73 Å². The lowest BCUT2D eigenvalue weighted by molar-refractivity contribution is 0.233. The van der Waals surface area contributed by atoms with Gasteiger partial charge in [-0.2, -0.15) is 0 Å². The van der Waals surface area contributed by atoms with Crippen molar-refractivity contribution in [3.8, 4) is 0 Å². The van der Waals surface area contributed by atoms with E-state index in [1.165, 1.54) is 0 Å². The molecule has 0 spiro atoms. The quantitative estimate of drug-likeness (QED) is 0.829. The highest BCUT2D eigenvalue weighted by Gasteiger charge is 2.13. The molecule has 4 nitrogen and oxygen atoms in total. The summed E-state index contributed by atoms with van der Waals surface area (Å²) in [6.45, 7) is 6.88. The normalized spacial score (nSPS) is 16.9. The van der Waals surface area contributed by atoms with Crippen LogP contribution in [0.3, 0.4) is 0 Å². The van der Waals surface area contributed by atoms with Crippen molar-refractivity contribution in [2.75, 3.05) is 26.2 Å². The molecular weight excluding hydrogens is 240 g/mol. The second-order valence-corrected chi connectivity index (χ2v) is 5.12. The zero-order valence-corrected chi connectivity index (χ0v) is 11.1. The lowest BCUT2D eigenvalue weighted by Crippen LogP contribution is -2.43. The summed E-state index contributed by atoms with van der Waals surface area (Å²) in [7, 11) is 0. The molecule has 1 aliphatic rings. The lowest BCUT2D eigenvalue weighted by atomic mass is 10.1. The van der Waals surface area contributed by atoms with Crippen molar-refractivity contribution in [1.29, 1.82) is 0 Å². The van der Waals surface area contributed by atoms with Gasteiger partial charge in [0.1, 0.15) is 5.58 Å². The van der Waals surface area contributed by atoms with E-state index in [0.29, 0.717) is 5.58 Å². The lowest BCUT2D eigenvalue weighted by Gasteiger charge is -2.27. The molecule has 3 rings (SSSR count). The van der Waals surface area contributed by atoms with Crippen LogP contribution >= 0.6 is 0 Å². The second kappa shape index (κ2) is 5.15. The van der Waals surface area contributed by atoms with Crippen LogP contribution in [0, 0.1) is 6.92 Å². The largest absolute Gasteiger partial charge is 0.423 e. The summed E-state index contributed by atoms with van der Waals surface area (Å²) in [4.78, 5) is 14.0. The average Bonchev–Trinajstić information content (AvgIpc) is 2.39. The van der Waals surface area contributed by atoms with Crippen molar-refractivity contribution < 1.29 is 4.42 Å². The Hall–Kier alpha value is -1.65. The Morgan fingerprint density at radius 3 is 2.84 bits per heavy atom. The number of nitrogens with one attached hydrogen (secondary N) is 1. The molecule has 0 unspecified atom stereocenters. The van der Waals surface area contributed by atoms with E-state index in [-0.39, 0.29) is 5.63 Å². The van der Waals surface area contributed by atoms with Crippen LogP contribution < -0.4 is 10.9 Å². The number of nitrogens with zero attached hydrogens (tertiary/aromatic N) is 1. The number of aryl methyl sites for hydroxylation is 1. The molecule has 2 heterocycles. The molecule has 1 aromatic heterocycles. The van der Waals surface area contributed by atoms with Crippen molar-refractivity contribution in [2.45, 2.75) is 13.5 Å². The van der Waals surface area contributed by atoms with Crippen LogP contribution in [0.1, 0.15) is 11.1 Å². The monoisotopic (exact) mass is 258 g/mol. The molecule has 0 aliphatic carbocycles. The van der Waals surface area contributed by atoms with Crippen LogP contribution in [-0.2, 0) is 6.54 Å². The Kier molecular flexibility index (Phi) is 3.36. The summed E-state index contributed by atoms with van der Waals surface area (Å²) >= 11 is 0. The van der Waals surface area contributed by atoms with E-state index in [0.717, 1.165) is 49.2 Å². The van der Waals surface area contributed by atoms with Crippen molar-refractivity contribution in [3.05, 3.63) is 45.8 Å². The van der Waals surface area contributed by atoms with Crippen molar-refractivity contribution in [3.63, 3.8) is 0 Å². The minimum atomic E-state index is -0.261. The minimum absolute atomic E-state index is 0.261. The molecule has 100 valence electrons. The number of benzene rings is 1. The molecule has 2 aromatic rings. The van der Waals surface area contributed by atoms with Gasteiger partial charge in [0, 0.05) is 44.2 Å². The summed E-state index contributed by atoms with van der Waals surface area (Å²) in [5.41, 5.74) is 2.60. The molecular formula is C15H18N2O2. The van der Waals surface area contributed by atoms with E-state index in [1.54, 1.807) is 6.07 Å². The summed E-state index contributed by atoms with van der Waals surface area (Å²) in [6, 6.07) is 7.66. The van der Waals surface area contributed by atoms with Gasteiger partial charge in [0.2, 0.25) is 0 Å². The Labute approximate surface area is 112 Å². The standard InChI is InChI=1S/C15H18N2O2/c1-11-2-3-13-12(9-15(18)19-14(13)8-11)10-17-6-4-16-5-7-17/h2-3,8-9,16H,4-7,10H2,1H3. The maximum Gasteiger partial charge on any atom is 0.336 e. The molecule has 1 N–H and O–H groups in total. The van der Waals surface area contributed by atoms with Crippen LogP contribution in [-0.4, -0.2) is 31.1 Å². The molecule has 4 heteroatoms. The van der Waals surface area contributed by atoms with E-state index in [9.17, 15) is 4.79 Å². The van der Waals surface area contributed by atoms with E-state index < -0.39 is 0 Å². The topological polar surface area (TPSA) is 45.5 Å². The summed E-state index contributed by atoms with van der Waals surface area (Å²) < 4.78 is 5.29. The molecule has 0 amide bonds. The predicted octanol–water partition coefficient (Wildman–Crippen LogP) is 1.51. The zero-order chi connectivity index (χ0) is 13.2. The SMILES string of the molecule is Cc1ccc2c(CN3CCNCC3)cc(=O)oc2c1. The van der Waals surface area contributed by atoms with Gasteiger partial charge in [-0.05, 0) is 24.1 Å². The third-order valence-corrected chi connectivity index (χ3v) is 3.59. The summed E-state index contributed by atoms with van der Waals surface area (Å²) in [6.07, 6.45) is 0. The van der Waals surface area contributed by atoms with Gasteiger partial charge in [0.15, 0.2) is 0 Å². The molecule has 0 radical (unpaired) electrons. The molecule has 0 atom stereocenters. The fourth-order valence-corrected chi connectivity index (χ4v) is 2.58. The molecule has 0 bridgehead atoms. The van der Waals surface area contributed by atoms with Gasteiger partial charge in [-0.25, -0.2) is 4.79 Å². The third-order valence-electron chi connectivity index (χ3n) is 3.59. The molecule has 19 heavy (non-hydrogen) atoms. The number of rotatable bonds is 2. The molecule has 1 aliphatic heterocycles. The van der Waals surface area contributed by atoms with Gasteiger partial charge in [-0.15, -0.1) is 0 Å². The smallest absolute Gasteiger partial charge is 0.336 e. The highest BCUT2D eigenvalue weighted by atomic mass is 16.4. The predicted molar refractivity (Wildman–Crippen MR) is 75.4 cm³/mol. The van der Waals surface area contributed by atoms with Crippen LogP contribution in [0.4, 0.5) is 0 Å².